The Morgan fingerprint density at radius 3 is 1.30 bits per heavy atom. The van der Waals surface area contributed by atoms with Crippen LogP contribution in [0.1, 0.15) is 231 Å². The van der Waals surface area contributed by atoms with Gasteiger partial charge in [-0.15, -0.1) is 0 Å². The molecule has 0 aliphatic heterocycles. The Labute approximate surface area is 447 Å². The van der Waals surface area contributed by atoms with Gasteiger partial charge in [-0.05, 0) is 223 Å². The number of nitrogens with zero attached hydrogens (tertiary/aromatic N) is 2. The highest BCUT2D eigenvalue weighted by atomic mass is 15.1. The van der Waals surface area contributed by atoms with Crippen molar-refractivity contribution in [2.45, 2.75) is 203 Å². The minimum absolute atomic E-state index is 0.0871. The summed E-state index contributed by atoms with van der Waals surface area (Å²) in [6.07, 6.45) is 37.7. The monoisotopic (exact) mass is 979 g/mol. The molecule has 12 rings (SSSR count). The molecular formula is C72H86N2. The van der Waals surface area contributed by atoms with E-state index in [4.69, 9.17) is 0 Å². The molecule has 6 aliphatic carbocycles. The lowest BCUT2D eigenvalue weighted by molar-refractivity contribution is 0.398. The Balaban J connectivity index is 0.993. The van der Waals surface area contributed by atoms with Gasteiger partial charge >= 0.3 is 0 Å². The summed E-state index contributed by atoms with van der Waals surface area (Å²) in [6.45, 7) is 4.70. The molecule has 1 fully saturated rings. The van der Waals surface area contributed by atoms with E-state index >= 15 is 0 Å². The number of benzene rings is 6. The van der Waals surface area contributed by atoms with E-state index in [0.717, 1.165) is 24.2 Å². The second kappa shape index (κ2) is 22.5. The highest BCUT2D eigenvalue weighted by Gasteiger charge is 2.45. The molecule has 0 amide bonds. The van der Waals surface area contributed by atoms with Crippen LogP contribution in [0, 0.1) is 11.8 Å². The Morgan fingerprint density at radius 1 is 0.378 bits per heavy atom. The summed E-state index contributed by atoms with van der Waals surface area (Å²) in [7, 11) is 0. The summed E-state index contributed by atoms with van der Waals surface area (Å²) in [4.78, 5) is 5.25. The van der Waals surface area contributed by atoms with Crippen molar-refractivity contribution < 1.29 is 0 Å². The molecule has 6 unspecified atom stereocenters. The van der Waals surface area contributed by atoms with Crippen LogP contribution in [-0.4, -0.2) is 0 Å². The average Bonchev–Trinajstić information content (AvgIpc) is 4.14. The van der Waals surface area contributed by atoms with Crippen LogP contribution < -0.4 is 9.80 Å². The highest BCUT2D eigenvalue weighted by Crippen LogP contribution is 2.59. The maximum Gasteiger partial charge on any atom is 0.0465 e. The van der Waals surface area contributed by atoms with Gasteiger partial charge in [0.05, 0.1) is 0 Å². The van der Waals surface area contributed by atoms with E-state index in [0.29, 0.717) is 17.8 Å². The van der Waals surface area contributed by atoms with Gasteiger partial charge in [0.15, 0.2) is 0 Å². The normalized spacial score (nSPS) is 22.7. The SMILES string of the molecule is CCCCCCCCC1(CCCCCCCC)c2cc(N(c3ccccc3)c3ccc4c(c3)C3CC=CCC4CCC3)ccc2-c2ccc(N(c3ccccc3)c3ccc4c(c3)C3CCCC4CC4CC4C3)cc21. The third kappa shape index (κ3) is 9.98. The number of hydrogen-bond acceptors (Lipinski definition) is 2. The summed E-state index contributed by atoms with van der Waals surface area (Å²) in [5.41, 5.74) is 20.3. The molecule has 0 heterocycles. The van der Waals surface area contributed by atoms with E-state index in [-0.39, 0.29) is 5.41 Å². The van der Waals surface area contributed by atoms with E-state index < -0.39 is 0 Å². The van der Waals surface area contributed by atoms with Crippen LogP contribution in [0.2, 0.25) is 0 Å². The zero-order valence-electron chi connectivity index (χ0n) is 45.4. The van der Waals surface area contributed by atoms with Crippen LogP contribution in [0.4, 0.5) is 34.1 Å². The van der Waals surface area contributed by atoms with Crippen molar-refractivity contribution in [1.29, 1.82) is 0 Å². The molecule has 0 N–H and O–H groups in total. The second-order valence-electron chi connectivity index (χ2n) is 24.4. The number of unbranched alkanes of at least 4 members (excludes halogenated alkanes) is 10. The molecule has 0 radical (unpaired) electrons. The maximum atomic E-state index is 2.70. The van der Waals surface area contributed by atoms with Gasteiger partial charge in [-0.25, -0.2) is 0 Å². The summed E-state index contributed by atoms with van der Waals surface area (Å²) >= 11 is 0. The standard InChI is InChI=1S/C72H86N2/c1-3-5-7-9-11-21-43-72(44-22-12-10-8-6-4-2)70-50-62(73(58-31-15-13-16-32-58)60-35-39-64-52-25-19-20-26-53(28-23-27-52)68(64)48-60)37-41-66(70)67-42-38-63(51-71(67)72)74(59-33-17-14-18-34-59)61-36-40-65-54-29-24-30-55(69(65)49-61)46-57-47-56(57)45-54/h13-20,31-42,48-57H,3-12,21-30,43-47H2,1-2H3. The number of rotatable bonds is 20. The minimum atomic E-state index is -0.0871. The smallest absolute Gasteiger partial charge is 0.0465 e. The first-order valence-corrected chi connectivity index (χ1v) is 30.5. The quantitative estimate of drug-likeness (QED) is 0.0556. The summed E-state index contributed by atoms with van der Waals surface area (Å²) < 4.78 is 0. The molecule has 0 aromatic heterocycles. The molecule has 6 aromatic rings. The molecule has 0 saturated heterocycles. The molecular weight excluding hydrogens is 893 g/mol. The maximum absolute atomic E-state index is 2.70. The van der Waals surface area contributed by atoms with E-state index in [1.165, 1.54) is 199 Å². The van der Waals surface area contributed by atoms with Gasteiger partial charge in [-0.2, -0.15) is 0 Å². The molecule has 2 nitrogen and oxygen atoms in total. The van der Waals surface area contributed by atoms with Gasteiger partial charge < -0.3 is 9.80 Å². The number of fused-ring (bicyclic) bond motifs is 4. The number of anilines is 6. The molecule has 4 bridgehead atoms. The Bertz CT molecular complexity index is 2860. The van der Waals surface area contributed by atoms with E-state index in [9.17, 15) is 0 Å². The Kier molecular flexibility index (Phi) is 15.0. The highest BCUT2D eigenvalue weighted by molar-refractivity contribution is 5.89. The molecule has 6 aromatic carbocycles. The van der Waals surface area contributed by atoms with Gasteiger partial charge in [0, 0.05) is 39.5 Å². The van der Waals surface area contributed by atoms with Crippen molar-refractivity contribution >= 4 is 34.1 Å². The van der Waals surface area contributed by atoms with Gasteiger partial charge in [-0.1, -0.05) is 177 Å². The van der Waals surface area contributed by atoms with Crippen molar-refractivity contribution in [2.24, 2.45) is 11.8 Å². The average molecular weight is 979 g/mol. The Hall–Kier alpha value is -5.34. The van der Waals surface area contributed by atoms with Gasteiger partial charge in [0.2, 0.25) is 0 Å². The van der Waals surface area contributed by atoms with Gasteiger partial charge in [-0.3, -0.25) is 0 Å². The van der Waals surface area contributed by atoms with E-state index in [2.05, 4.69) is 169 Å². The minimum Gasteiger partial charge on any atom is -0.310 e. The fourth-order valence-electron chi connectivity index (χ4n) is 15.7. The van der Waals surface area contributed by atoms with Crippen LogP contribution in [0.25, 0.3) is 11.1 Å². The lowest BCUT2D eigenvalue weighted by Gasteiger charge is -2.35. The van der Waals surface area contributed by atoms with E-state index in [1.54, 1.807) is 33.4 Å². The summed E-state index contributed by atoms with van der Waals surface area (Å²) in [5, 5.41) is 0. The number of hydrogen-bond donors (Lipinski definition) is 0. The molecule has 74 heavy (non-hydrogen) atoms. The molecule has 1 saturated carbocycles. The third-order valence-electron chi connectivity index (χ3n) is 19.7. The van der Waals surface area contributed by atoms with Gasteiger partial charge in [0.1, 0.15) is 0 Å². The molecule has 0 spiro atoms. The Morgan fingerprint density at radius 2 is 0.784 bits per heavy atom. The third-order valence-corrected chi connectivity index (χ3v) is 19.7. The zero-order valence-corrected chi connectivity index (χ0v) is 45.4. The molecule has 6 atom stereocenters. The first kappa shape index (κ1) is 49.5. The van der Waals surface area contributed by atoms with E-state index in [1.807, 2.05) is 0 Å². The van der Waals surface area contributed by atoms with Crippen LogP contribution in [0.5, 0.6) is 0 Å². The van der Waals surface area contributed by atoms with Gasteiger partial charge in [0.25, 0.3) is 0 Å². The lowest BCUT2D eigenvalue weighted by Crippen LogP contribution is -2.26. The van der Waals surface area contributed by atoms with Crippen molar-refractivity contribution in [3.05, 3.63) is 179 Å². The number of allylic oxidation sites excluding steroid dienone is 2. The summed E-state index contributed by atoms with van der Waals surface area (Å²) in [5.74, 6) is 4.57. The lowest BCUT2D eigenvalue weighted by atomic mass is 9.70. The van der Waals surface area contributed by atoms with Crippen LogP contribution in [-0.2, 0) is 5.41 Å². The molecule has 2 heteroatoms. The predicted octanol–water partition coefficient (Wildman–Crippen LogP) is 21.9. The summed E-state index contributed by atoms with van der Waals surface area (Å²) in [6, 6.07) is 53.6. The fraction of sp³-hybridized carbons (Fsp3) is 0.472. The largest absolute Gasteiger partial charge is 0.310 e. The predicted molar refractivity (Wildman–Crippen MR) is 316 cm³/mol. The second-order valence-corrected chi connectivity index (χ2v) is 24.4. The van der Waals surface area contributed by atoms with Crippen molar-refractivity contribution in [3.8, 4) is 11.1 Å². The van der Waals surface area contributed by atoms with Crippen molar-refractivity contribution in [2.75, 3.05) is 9.80 Å². The molecule has 6 aliphatic rings. The first-order chi connectivity index (χ1) is 36.6. The fourth-order valence-corrected chi connectivity index (χ4v) is 15.7. The molecule has 384 valence electrons. The van der Waals surface area contributed by atoms with Crippen molar-refractivity contribution in [3.63, 3.8) is 0 Å². The van der Waals surface area contributed by atoms with Crippen LogP contribution in [0.3, 0.4) is 0 Å². The zero-order chi connectivity index (χ0) is 49.8. The topological polar surface area (TPSA) is 6.48 Å². The van der Waals surface area contributed by atoms with Crippen LogP contribution >= 0.6 is 0 Å². The van der Waals surface area contributed by atoms with Crippen molar-refractivity contribution in [1.82, 2.24) is 0 Å². The first-order valence-electron chi connectivity index (χ1n) is 30.5. The number of para-hydroxylation sites is 2. The van der Waals surface area contributed by atoms with Crippen LogP contribution in [0.15, 0.2) is 146 Å².